The molecule has 0 atom stereocenters. The summed E-state index contributed by atoms with van der Waals surface area (Å²) in [5, 5.41) is 0. The summed E-state index contributed by atoms with van der Waals surface area (Å²) in [7, 11) is 0. The maximum absolute atomic E-state index is 4.87. The average molecular weight is 558 g/mol. The Labute approximate surface area is 187 Å². The van der Waals surface area contributed by atoms with E-state index in [2.05, 4.69) is 55.2 Å². The van der Waals surface area contributed by atoms with Crippen LogP contribution < -0.4 is 0 Å². The zero-order chi connectivity index (χ0) is 19.6. The number of hydrogen-bond donors (Lipinski definition) is 0. The molecule has 0 fully saturated rings. The molecule has 0 aliphatic carbocycles. The first kappa shape index (κ1) is 21.1. The van der Waals surface area contributed by atoms with Crippen molar-refractivity contribution in [2.75, 3.05) is 0 Å². The number of benzene rings is 2. The molecule has 0 saturated carbocycles. The third-order valence-corrected chi connectivity index (χ3v) is 5.02. The van der Waals surface area contributed by atoms with Gasteiger partial charge in [-0.3, -0.25) is 4.98 Å². The Balaban J connectivity index is 0.00000240. The van der Waals surface area contributed by atoms with Crippen molar-refractivity contribution >= 4 is 0 Å². The number of pyridine rings is 2. The summed E-state index contributed by atoms with van der Waals surface area (Å²) in [5.74, 6) is 0. The fraction of sp³-hybridized carbons (Fsp3) is 0.154. The van der Waals surface area contributed by atoms with E-state index in [1.54, 1.807) is 0 Å². The molecule has 4 rings (SSSR count). The molecule has 29 heavy (non-hydrogen) atoms. The van der Waals surface area contributed by atoms with Gasteiger partial charge in [0.15, 0.2) is 0 Å². The fourth-order valence-corrected chi connectivity index (χ4v) is 3.32. The average Bonchev–Trinajstić information content (AvgIpc) is 2.74. The van der Waals surface area contributed by atoms with Crippen LogP contribution in [0, 0.1) is 19.1 Å². The predicted octanol–water partition coefficient (Wildman–Crippen LogP) is 6.04. The molecule has 0 bridgehead atoms. The van der Waals surface area contributed by atoms with Crippen LogP contribution in [0.15, 0.2) is 79.0 Å². The van der Waals surface area contributed by atoms with Gasteiger partial charge in [-0.05, 0) is 23.5 Å². The van der Waals surface area contributed by atoms with Crippen LogP contribution in [0.2, 0.25) is 0 Å². The van der Waals surface area contributed by atoms with Gasteiger partial charge < -0.3 is 4.98 Å². The summed E-state index contributed by atoms with van der Waals surface area (Å²) in [6, 6.07) is 31.4. The van der Waals surface area contributed by atoms with E-state index in [-0.39, 0.29) is 26.5 Å². The first-order valence-corrected chi connectivity index (χ1v) is 9.45. The van der Waals surface area contributed by atoms with Crippen molar-refractivity contribution in [2.24, 2.45) is 0 Å². The van der Waals surface area contributed by atoms with Gasteiger partial charge in [0.05, 0.1) is 0 Å². The van der Waals surface area contributed by atoms with Crippen molar-refractivity contribution < 1.29 is 21.1 Å². The Hall–Kier alpha value is -2.57. The van der Waals surface area contributed by atoms with Crippen LogP contribution in [0.1, 0.15) is 30.7 Å². The van der Waals surface area contributed by atoms with Crippen LogP contribution in [0.5, 0.6) is 0 Å². The van der Waals surface area contributed by atoms with Crippen molar-refractivity contribution in [1.29, 1.82) is 0 Å². The molecule has 3 heteroatoms. The molecule has 0 spiro atoms. The third kappa shape index (κ3) is 4.54. The van der Waals surface area contributed by atoms with Crippen molar-refractivity contribution in [1.82, 2.24) is 9.97 Å². The monoisotopic (exact) mass is 557 g/mol. The molecule has 2 heterocycles. The second-order valence-electron chi connectivity index (χ2n) is 7.47. The molecule has 0 saturated heterocycles. The van der Waals surface area contributed by atoms with Crippen LogP contribution in [0.4, 0.5) is 0 Å². The Morgan fingerprint density at radius 2 is 1.38 bits per heavy atom. The summed E-state index contributed by atoms with van der Waals surface area (Å²) in [4.78, 5) is 9.42. The molecule has 0 unspecified atom stereocenters. The Bertz CT molecular complexity index is 1100. The quantitative estimate of drug-likeness (QED) is 0.286. The SMILES string of the molecule is Cc1[c-]c(-c2cccc(-c3[c-]c(C(C)(C)c4ccccn4)ccc3)n2)ccc1.[Pt+2]. The second-order valence-corrected chi connectivity index (χ2v) is 7.47. The number of hydrogen-bond acceptors (Lipinski definition) is 2. The van der Waals surface area contributed by atoms with Gasteiger partial charge in [0, 0.05) is 17.3 Å². The van der Waals surface area contributed by atoms with E-state index in [9.17, 15) is 0 Å². The molecule has 0 radical (unpaired) electrons. The Morgan fingerprint density at radius 1 is 0.724 bits per heavy atom. The molecule has 2 aromatic heterocycles. The van der Waals surface area contributed by atoms with Crippen LogP contribution in [0.3, 0.4) is 0 Å². The minimum absolute atomic E-state index is 0. The Morgan fingerprint density at radius 3 is 2.03 bits per heavy atom. The number of rotatable bonds is 4. The smallest absolute Gasteiger partial charge is 0.345 e. The molecule has 0 N–H and O–H groups in total. The number of aromatic nitrogens is 2. The van der Waals surface area contributed by atoms with Crippen LogP contribution in [0.25, 0.3) is 22.5 Å². The summed E-state index contributed by atoms with van der Waals surface area (Å²) >= 11 is 0. The van der Waals surface area contributed by atoms with E-state index in [1.165, 1.54) is 0 Å². The number of aryl methyl sites for hydroxylation is 1. The molecule has 2 aromatic carbocycles. The van der Waals surface area contributed by atoms with Gasteiger partial charge in [-0.1, -0.05) is 45.0 Å². The topological polar surface area (TPSA) is 25.8 Å². The van der Waals surface area contributed by atoms with E-state index in [0.29, 0.717) is 0 Å². The summed E-state index contributed by atoms with van der Waals surface area (Å²) in [6.45, 7) is 6.40. The zero-order valence-corrected chi connectivity index (χ0v) is 19.0. The van der Waals surface area contributed by atoms with Crippen molar-refractivity contribution in [3.05, 3.63) is 108 Å². The molecular weight excluding hydrogens is 535 g/mol. The second kappa shape index (κ2) is 8.84. The third-order valence-electron chi connectivity index (χ3n) is 5.02. The van der Waals surface area contributed by atoms with Crippen molar-refractivity contribution in [3.8, 4) is 22.5 Å². The number of nitrogens with zero attached hydrogens (tertiary/aromatic N) is 2. The normalized spacial score (nSPS) is 11.0. The van der Waals surface area contributed by atoms with Gasteiger partial charge in [-0.25, -0.2) is 0 Å². The first-order chi connectivity index (χ1) is 13.5. The van der Waals surface area contributed by atoms with Gasteiger partial charge in [0.25, 0.3) is 0 Å². The van der Waals surface area contributed by atoms with Gasteiger partial charge in [0.1, 0.15) is 0 Å². The Kier molecular flexibility index (Phi) is 6.45. The molecule has 0 aliphatic rings. The zero-order valence-electron chi connectivity index (χ0n) is 16.7. The fourth-order valence-electron chi connectivity index (χ4n) is 3.32. The summed E-state index contributed by atoms with van der Waals surface area (Å²) in [5.41, 5.74) is 6.81. The van der Waals surface area contributed by atoms with E-state index in [0.717, 1.165) is 39.3 Å². The van der Waals surface area contributed by atoms with Gasteiger partial charge in [-0.15, -0.1) is 70.8 Å². The molecule has 4 aromatic rings. The predicted molar refractivity (Wildman–Crippen MR) is 114 cm³/mol. The van der Waals surface area contributed by atoms with Crippen molar-refractivity contribution in [2.45, 2.75) is 26.2 Å². The van der Waals surface area contributed by atoms with Gasteiger partial charge in [-0.2, -0.15) is 0 Å². The van der Waals surface area contributed by atoms with Crippen LogP contribution in [-0.4, -0.2) is 9.97 Å². The molecule has 2 nitrogen and oxygen atoms in total. The van der Waals surface area contributed by atoms with Gasteiger partial charge >= 0.3 is 21.1 Å². The molecule has 0 amide bonds. The first-order valence-electron chi connectivity index (χ1n) is 9.45. The molecular formula is C26H22N2Pt. The maximum atomic E-state index is 4.87. The van der Waals surface area contributed by atoms with Crippen molar-refractivity contribution in [3.63, 3.8) is 0 Å². The molecule has 0 aliphatic heterocycles. The van der Waals surface area contributed by atoms with Crippen LogP contribution >= 0.6 is 0 Å². The van der Waals surface area contributed by atoms with E-state index in [4.69, 9.17) is 4.98 Å². The largest absolute Gasteiger partial charge is 2.00 e. The maximum Gasteiger partial charge on any atom is 2.00 e. The summed E-state index contributed by atoms with van der Waals surface area (Å²) in [6.07, 6.45) is 1.84. The van der Waals surface area contributed by atoms with E-state index < -0.39 is 0 Å². The van der Waals surface area contributed by atoms with E-state index >= 15 is 0 Å². The summed E-state index contributed by atoms with van der Waals surface area (Å²) < 4.78 is 0. The van der Waals surface area contributed by atoms with Crippen LogP contribution in [-0.2, 0) is 26.5 Å². The minimum atomic E-state index is -0.237. The molecule has 146 valence electrons. The standard InChI is InChI=1S/C26H22N2.Pt/c1-19-9-6-10-20(17-19)23-13-8-14-24(28-23)21-11-7-12-22(18-21)26(2,3)25-15-4-5-16-27-25;/h4-16H,1-3H3;/q-2;+2. The van der Waals surface area contributed by atoms with E-state index in [1.807, 2.05) is 61.7 Å². The van der Waals surface area contributed by atoms with Gasteiger partial charge in [0.2, 0.25) is 0 Å². The minimum Gasteiger partial charge on any atom is -0.345 e.